The van der Waals surface area contributed by atoms with Crippen LogP contribution in [0.3, 0.4) is 0 Å². The van der Waals surface area contributed by atoms with Gasteiger partial charge in [-0.15, -0.1) is 17.9 Å². The molecule has 2 aromatic rings. The predicted octanol–water partition coefficient (Wildman–Crippen LogP) is 3.45. The molecule has 24 heavy (non-hydrogen) atoms. The van der Waals surface area contributed by atoms with Gasteiger partial charge in [0.2, 0.25) is 10.0 Å². The van der Waals surface area contributed by atoms with Crippen LogP contribution < -0.4 is 9.47 Å². The molecule has 0 bridgehead atoms. The highest BCUT2D eigenvalue weighted by Gasteiger charge is 2.27. The van der Waals surface area contributed by atoms with E-state index in [-0.39, 0.29) is 11.4 Å². The summed E-state index contributed by atoms with van der Waals surface area (Å²) in [5.74, 6) is 0.888. The Morgan fingerprint density at radius 1 is 1.25 bits per heavy atom. The van der Waals surface area contributed by atoms with Gasteiger partial charge in [-0.2, -0.15) is 4.31 Å². The molecule has 0 saturated heterocycles. The maximum Gasteiger partial charge on any atom is 0.244 e. The molecule has 2 rings (SSSR count). The molecule has 0 saturated carbocycles. The monoisotopic (exact) mass is 367 g/mol. The first-order chi connectivity index (χ1) is 11.4. The Bertz CT molecular complexity index is 798. The van der Waals surface area contributed by atoms with Gasteiger partial charge in [-0.1, -0.05) is 12.1 Å². The first-order valence-electron chi connectivity index (χ1n) is 7.30. The number of aryl methyl sites for hydroxylation is 1. The van der Waals surface area contributed by atoms with Gasteiger partial charge in [0.25, 0.3) is 0 Å². The van der Waals surface area contributed by atoms with E-state index < -0.39 is 10.0 Å². The van der Waals surface area contributed by atoms with Gasteiger partial charge in [0.1, 0.15) is 0 Å². The lowest BCUT2D eigenvalue weighted by atomic mass is 10.2. The van der Waals surface area contributed by atoms with Crippen molar-refractivity contribution in [3.8, 4) is 11.5 Å². The first-order valence-corrected chi connectivity index (χ1v) is 9.62. The van der Waals surface area contributed by atoms with Gasteiger partial charge in [-0.05, 0) is 30.0 Å². The molecular formula is C17H21NO4S2. The molecule has 5 nitrogen and oxygen atoms in total. The molecule has 0 atom stereocenters. The highest BCUT2D eigenvalue weighted by Crippen LogP contribution is 2.34. The third-order valence-electron chi connectivity index (χ3n) is 3.54. The molecule has 7 heteroatoms. The van der Waals surface area contributed by atoms with E-state index in [1.165, 1.54) is 35.9 Å². The summed E-state index contributed by atoms with van der Waals surface area (Å²) in [6.07, 6.45) is 1.58. The van der Waals surface area contributed by atoms with Gasteiger partial charge in [0.15, 0.2) is 11.5 Å². The third-order valence-corrected chi connectivity index (χ3v) is 6.36. The Morgan fingerprint density at radius 3 is 2.46 bits per heavy atom. The molecule has 0 spiro atoms. The zero-order chi connectivity index (χ0) is 17.7. The highest BCUT2D eigenvalue weighted by molar-refractivity contribution is 7.89. The van der Waals surface area contributed by atoms with E-state index in [1.807, 2.05) is 17.5 Å². The van der Waals surface area contributed by atoms with Crippen LogP contribution in [-0.2, 0) is 16.6 Å². The number of rotatable bonds is 8. The molecule has 0 N–H and O–H groups in total. The summed E-state index contributed by atoms with van der Waals surface area (Å²) in [5.41, 5.74) is 0.605. The largest absolute Gasteiger partial charge is 0.493 e. The smallest absolute Gasteiger partial charge is 0.244 e. The second-order valence-electron chi connectivity index (χ2n) is 5.14. The van der Waals surface area contributed by atoms with Crippen LogP contribution >= 0.6 is 11.3 Å². The number of thiophene rings is 1. The maximum absolute atomic E-state index is 13.1. The predicted molar refractivity (Wildman–Crippen MR) is 96.4 cm³/mol. The Kier molecular flexibility index (Phi) is 6.04. The van der Waals surface area contributed by atoms with Crippen molar-refractivity contribution < 1.29 is 17.9 Å². The van der Waals surface area contributed by atoms with Crippen LogP contribution in [0.25, 0.3) is 0 Å². The van der Waals surface area contributed by atoms with E-state index in [0.717, 1.165) is 4.88 Å². The lowest BCUT2D eigenvalue weighted by Crippen LogP contribution is -2.31. The molecule has 1 aromatic heterocycles. The minimum atomic E-state index is -3.69. The van der Waals surface area contributed by atoms with Gasteiger partial charge >= 0.3 is 0 Å². The van der Waals surface area contributed by atoms with Crippen molar-refractivity contribution in [3.05, 3.63) is 52.7 Å². The molecule has 130 valence electrons. The van der Waals surface area contributed by atoms with E-state index >= 15 is 0 Å². The van der Waals surface area contributed by atoms with Crippen LogP contribution in [0.2, 0.25) is 0 Å². The fourth-order valence-corrected chi connectivity index (χ4v) is 4.76. The van der Waals surface area contributed by atoms with Crippen LogP contribution in [0.15, 0.2) is 47.2 Å². The summed E-state index contributed by atoms with van der Waals surface area (Å²) in [7, 11) is -0.691. The Morgan fingerprint density at radius 2 is 1.92 bits per heavy atom. The summed E-state index contributed by atoms with van der Waals surface area (Å²) in [6.45, 7) is 5.95. The maximum atomic E-state index is 13.1. The molecule has 1 heterocycles. The van der Waals surface area contributed by atoms with Crippen molar-refractivity contribution in [2.24, 2.45) is 0 Å². The molecule has 1 aromatic carbocycles. The van der Waals surface area contributed by atoms with Gasteiger partial charge in [-0.3, -0.25) is 0 Å². The average Bonchev–Trinajstić information content (AvgIpc) is 3.07. The van der Waals surface area contributed by atoms with Crippen molar-refractivity contribution in [1.29, 1.82) is 0 Å². The second-order valence-corrected chi connectivity index (χ2v) is 8.08. The van der Waals surface area contributed by atoms with E-state index in [0.29, 0.717) is 23.6 Å². The van der Waals surface area contributed by atoms with Crippen LogP contribution in [0.4, 0.5) is 0 Å². The van der Waals surface area contributed by atoms with Crippen LogP contribution in [-0.4, -0.2) is 33.5 Å². The van der Waals surface area contributed by atoms with Crippen molar-refractivity contribution in [2.75, 3.05) is 20.8 Å². The first kappa shape index (κ1) is 18.5. The number of hydrogen-bond donors (Lipinski definition) is 0. The lowest BCUT2D eigenvalue weighted by Gasteiger charge is -2.22. The third kappa shape index (κ3) is 3.80. The van der Waals surface area contributed by atoms with Gasteiger partial charge in [-0.25, -0.2) is 8.42 Å². The molecular weight excluding hydrogens is 346 g/mol. The van der Waals surface area contributed by atoms with Crippen molar-refractivity contribution in [1.82, 2.24) is 4.31 Å². The van der Waals surface area contributed by atoms with E-state index in [9.17, 15) is 8.42 Å². The Hall–Kier alpha value is -1.83. The lowest BCUT2D eigenvalue weighted by molar-refractivity contribution is 0.353. The van der Waals surface area contributed by atoms with Crippen molar-refractivity contribution in [3.63, 3.8) is 0 Å². The minimum Gasteiger partial charge on any atom is -0.493 e. The van der Waals surface area contributed by atoms with Crippen molar-refractivity contribution >= 4 is 21.4 Å². The summed E-state index contributed by atoms with van der Waals surface area (Å²) in [5, 5.41) is 1.93. The number of nitrogens with zero attached hydrogens (tertiary/aromatic N) is 1. The fraction of sp³-hybridized carbons (Fsp3) is 0.294. The van der Waals surface area contributed by atoms with E-state index in [2.05, 4.69) is 6.58 Å². The van der Waals surface area contributed by atoms with E-state index in [1.54, 1.807) is 19.1 Å². The molecule has 0 aliphatic rings. The highest BCUT2D eigenvalue weighted by atomic mass is 32.2. The Balaban J connectivity index is 2.48. The minimum absolute atomic E-state index is 0.207. The Labute approximate surface area is 147 Å². The summed E-state index contributed by atoms with van der Waals surface area (Å²) >= 11 is 1.52. The SMILES string of the molecule is C=CCN(Cc1cccs1)S(=O)(=O)c1cc(OC)c(OC)cc1C. The molecule has 0 fully saturated rings. The summed E-state index contributed by atoms with van der Waals surface area (Å²) in [4.78, 5) is 1.18. The normalized spacial score (nSPS) is 11.5. The fourth-order valence-electron chi connectivity index (χ4n) is 2.35. The van der Waals surface area contributed by atoms with Gasteiger partial charge in [0.05, 0.1) is 19.1 Å². The molecule has 0 aliphatic carbocycles. The summed E-state index contributed by atoms with van der Waals surface area (Å²) < 4.78 is 38.1. The topological polar surface area (TPSA) is 55.8 Å². The number of hydrogen-bond acceptors (Lipinski definition) is 5. The molecule has 0 unspecified atom stereocenters. The summed E-state index contributed by atoms with van der Waals surface area (Å²) in [6, 6.07) is 7.00. The van der Waals surface area contributed by atoms with Crippen molar-refractivity contribution in [2.45, 2.75) is 18.4 Å². The number of benzene rings is 1. The average molecular weight is 367 g/mol. The van der Waals surface area contributed by atoms with Gasteiger partial charge in [0, 0.05) is 24.0 Å². The zero-order valence-electron chi connectivity index (χ0n) is 14.0. The number of methoxy groups -OCH3 is 2. The molecule has 0 radical (unpaired) electrons. The number of ether oxygens (including phenoxy) is 2. The standard InChI is InChI=1S/C17H21NO4S2/c1-5-8-18(12-14-7-6-9-23-14)24(19,20)17-11-16(22-4)15(21-3)10-13(17)2/h5-7,9-11H,1,8,12H2,2-4H3. The van der Waals surface area contributed by atoms with Gasteiger partial charge < -0.3 is 9.47 Å². The van der Waals surface area contributed by atoms with Crippen LogP contribution in [0.1, 0.15) is 10.4 Å². The van der Waals surface area contributed by atoms with E-state index in [4.69, 9.17) is 9.47 Å². The second kappa shape index (κ2) is 7.83. The zero-order valence-corrected chi connectivity index (χ0v) is 15.6. The number of sulfonamides is 1. The van der Waals surface area contributed by atoms with Crippen LogP contribution in [0, 0.1) is 6.92 Å². The quantitative estimate of drug-likeness (QED) is 0.671. The molecule has 0 amide bonds. The van der Waals surface area contributed by atoms with Crippen LogP contribution in [0.5, 0.6) is 11.5 Å². The molecule has 0 aliphatic heterocycles.